The molecular formula is C18H26N4O4. The molecule has 0 aromatic carbocycles. The lowest BCUT2D eigenvalue weighted by atomic mass is 9.77. The van der Waals surface area contributed by atoms with Crippen molar-refractivity contribution in [1.82, 2.24) is 20.1 Å². The standard InChI is InChI=1S/C18H26N4O4/c1-13-15(20-26-19-13)11-16(23)21-8-6-18(12-21)5-2-7-22(17(18)24)14-3-9-25-10-4-14/h14H,2-12H2,1H3/t18-/m1/s1. The minimum atomic E-state index is -0.399. The number of hydrogen-bond acceptors (Lipinski definition) is 6. The van der Waals surface area contributed by atoms with Crippen molar-refractivity contribution in [2.45, 2.75) is 51.5 Å². The summed E-state index contributed by atoms with van der Waals surface area (Å²) in [7, 11) is 0. The Morgan fingerprint density at radius 1 is 1.23 bits per heavy atom. The summed E-state index contributed by atoms with van der Waals surface area (Å²) in [5.74, 6) is 0.238. The van der Waals surface area contributed by atoms with E-state index in [1.807, 2.05) is 4.90 Å². The molecule has 0 aliphatic carbocycles. The second-order valence-electron chi connectivity index (χ2n) is 7.76. The third-order valence-corrected chi connectivity index (χ3v) is 6.17. The zero-order valence-electron chi connectivity index (χ0n) is 15.3. The van der Waals surface area contributed by atoms with Gasteiger partial charge in [-0.2, -0.15) is 0 Å². The zero-order valence-corrected chi connectivity index (χ0v) is 15.3. The number of piperidine rings is 1. The minimum absolute atomic E-state index is 0.00309. The van der Waals surface area contributed by atoms with Crippen molar-refractivity contribution >= 4 is 11.8 Å². The molecule has 26 heavy (non-hydrogen) atoms. The third-order valence-electron chi connectivity index (χ3n) is 6.17. The number of amides is 2. The van der Waals surface area contributed by atoms with Gasteiger partial charge in [-0.25, -0.2) is 4.63 Å². The first kappa shape index (κ1) is 17.5. The molecule has 3 saturated heterocycles. The molecule has 0 radical (unpaired) electrons. The molecule has 4 heterocycles. The zero-order chi connectivity index (χ0) is 18.1. The Bertz CT molecular complexity index is 684. The predicted octanol–water partition coefficient (Wildman–Crippen LogP) is 0.941. The number of ether oxygens (including phenoxy) is 1. The first-order chi connectivity index (χ1) is 12.6. The Kier molecular flexibility index (Phi) is 4.69. The number of rotatable bonds is 3. The van der Waals surface area contributed by atoms with Crippen LogP contribution >= 0.6 is 0 Å². The maximum Gasteiger partial charge on any atom is 0.230 e. The maximum absolute atomic E-state index is 13.3. The highest BCUT2D eigenvalue weighted by molar-refractivity contribution is 5.86. The molecule has 0 saturated carbocycles. The number of aromatic nitrogens is 2. The van der Waals surface area contributed by atoms with Crippen LogP contribution in [0.5, 0.6) is 0 Å². The number of likely N-dealkylation sites (tertiary alicyclic amines) is 2. The molecule has 1 atom stereocenters. The van der Waals surface area contributed by atoms with Crippen molar-refractivity contribution in [3.05, 3.63) is 11.4 Å². The van der Waals surface area contributed by atoms with Crippen molar-refractivity contribution in [2.75, 3.05) is 32.8 Å². The van der Waals surface area contributed by atoms with Crippen LogP contribution in [0.25, 0.3) is 0 Å². The monoisotopic (exact) mass is 362 g/mol. The predicted molar refractivity (Wildman–Crippen MR) is 91.2 cm³/mol. The van der Waals surface area contributed by atoms with E-state index in [1.54, 1.807) is 6.92 Å². The summed E-state index contributed by atoms with van der Waals surface area (Å²) >= 11 is 0. The average Bonchev–Trinajstić information content (AvgIpc) is 3.26. The van der Waals surface area contributed by atoms with E-state index in [0.717, 1.165) is 51.9 Å². The SMILES string of the molecule is Cc1nonc1CC(=O)N1CC[C@]2(CCCN(C3CCOCC3)C2=O)C1. The van der Waals surface area contributed by atoms with Crippen LogP contribution in [-0.2, 0) is 20.7 Å². The highest BCUT2D eigenvalue weighted by atomic mass is 16.6. The number of carbonyl (C=O) groups excluding carboxylic acids is 2. The van der Waals surface area contributed by atoms with Gasteiger partial charge >= 0.3 is 0 Å². The molecule has 3 aliphatic rings. The van der Waals surface area contributed by atoms with Gasteiger partial charge in [0.05, 0.1) is 11.8 Å². The number of aryl methyl sites for hydroxylation is 1. The lowest BCUT2D eigenvalue weighted by molar-refractivity contribution is -0.150. The average molecular weight is 362 g/mol. The molecule has 4 rings (SSSR count). The van der Waals surface area contributed by atoms with E-state index in [2.05, 4.69) is 19.8 Å². The molecular weight excluding hydrogens is 336 g/mol. The summed E-state index contributed by atoms with van der Waals surface area (Å²) < 4.78 is 10.1. The van der Waals surface area contributed by atoms with Crippen LogP contribution < -0.4 is 0 Å². The van der Waals surface area contributed by atoms with Crippen LogP contribution in [0.15, 0.2) is 4.63 Å². The molecule has 142 valence electrons. The molecule has 1 aromatic heterocycles. The van der Waals surface area contributed by atoms with Gasteiger partial charge in [-0.15, -0.1) is 0 Å². The third kappa shape index (κ3) is 3.11. The second kappa shape index (κ2) is 6.98. The molecule has 3 aliphatic heterocycles. The molecule has 0 unspecified atom stereocenters. The Balaban J connectivity index is 1.43. The van der Waals surface area contributed by atoms with Crippen molar-refractivity contribution in [1.29, 1.82) is 0 Å². The fraction of sp³-hybridized carbons (Fsp3) is 0.778. The summed E-state index contributed by atoms with van der Waals surface area (Å²) in [6, 6.07) is 0.294. The van der Waals surface area contributed by atoms with Gasteiger partial charge in [0.25, 0.3) is 0 Å². The van der Waals surface area contributed by atoms with E-state index >= 15 is 0 Å². The lowest BCUT2D eigenvalue weighted by Gasteiger charge is -2.44. The minimum Gasteiger partial charge on any atom is -0.381 e. The largest absolute Gasteiger partial charge is 0.381 e. The Morgan fingerprint density at radius 3 is 2.77 bits per heavy atom. The molecule has 1 spiro atoms. The van der Waals surface area contributed by atoms with Crippen molar-refractivity contribution < 1.29 is 19.0 Å². The van der Waals surface area contributed by atoms with Crippen molar-refractivity contribution in [2.24, 2.45) is 5.41 Å². The molecule has 8 nitrogen and oxygen atoms in total. The van der Waals surface area contributed by atoms with Crippen LogP contribution in [0, 0.1) is 12.3 Å². The van der Waals surface area contributed by atoms with Gasteiger partial charge in [-0.3, -0.25) is 9.59 Å². The quantitative estimate of drug-likeness (QED) is 0.795. The van der Waals surface area contributed by atoms with Crippen molar-refractivity contribution in [3.63, 3.8) is 0 Å². The van der Waals surface area contributed by atoms with E-state index in [-0.39, 0.29) is 18.2 Å². The molecule has 8 heteroatoms. The molecule has 2 amide bonds. The topological polar surface area (TPSA) is 88.8 Å². The van der Waals surface area contributed by atoms with Gasteiger partial charge in [0, 0.05) is 38.9 Å². The van der Waals surface area contributed by atoms with Crippen LogP contribution in [0.1, 0.15) is 43.5 Å². The highest BCUT2D eigenvalue weighted by Crippen LogP contribution is 2.41. The summed E-state index contributed by atoms with van der Waals surface area (Å²) in [5.41, 5.74) is 0.824. The van der Waals surface area contributed by atoms with Crippen LogP contribution in [0.2, 0.25) is 0 Å². The fourth-order valence-electron chi connectivity index (χ4n) is 4.57. The molecule has 3 fully saturated rings. The first-order valence-electron chi connectivity index (χ1n) is 9.54. The summed E-state index contributed by atoms with van der Waals surface area (Å²) in [4.78, 5) is 29.8. The molecule has 0 N–H and O–H groups in total. The van der Waals surface area contributed by atoms with E-state index in [1.165, 1.54) is 0 Å². The van der Waals surface area contributed by atoms with E-state index in [4.69, 9.17) is 4.74 Å². The summed E-state index contributed by atoms with van der Waals surface area (Å²) in [6.45, 7) is 5.24. The van der Waals surface area contributed by atoms with Gasteiger partial charge in [0.1, 0.15) is 11.4 Å². The number of nitrogens with zero attached hydrogens (tertiary/aromatic N) is 4. The summed E-state index contributed by atoms with van der Waals surface area (Å²) in [5, 5.41) is 7.52. The Labute approximate surface area is 152 Å². The van der Waals surface area contributed by atoms with Crippen molar-refractivity contribution in [3.8, 4) is 0 Å². The first-order valence-corrected chi connectivity index (χ1v) is 9.54. The molecule has 1 aromatic rings. The molecule has 0 bridgehead atoms. The highest BCUT2D eigenvalue weighted by Gasteiger charge is 2.50. The number of carbonyl (C=O) groups is 2. The van der Waals surface area contributed by atoms with Gasteiger partial charge in [-0.1, -0.05) is 10.3 Å². The Hall–Kier alpha value is -1.96. The Morgan fingerprint density at radius 2 is 2.04 bits per heavy atom. The van der Waals surface area contributed by atoms with Gasteiger partial charge in [0.2, 0.25) is 11.8 Å². The lowest BCUT2D eigenvalue weighted by Crippen LogP contribution is -2.55. The smallest absolute Gasteiger partial charge is 0.230 e. The number of hydrogen-bond donors (Lipinski definition) is 0. The van der Waals surface area contributed by atoms with E-state index in [0.29, 0.717) is 30.5 Å². The van der Waals surface area contributed by atoms with Crippen LogP contribution in [-0.4, -0.2) is 70.8 Å². The van der Waals surface area contributed by atoms with E-state index in [9.17, 15) is 9.59 Å². The van der Waals surface area contributed by atoms with E-state index < -0.39 is 5.41 Å². The normalized spacial score (nSPS) is 27.5. The van der Waals surface area contributed by atoms with Crippen LogP contribution in [0.4, 0.5) is 0 Å². The van der Waals surface area contributed by atoms with Gasteiger partial charge in [0.15, 0.2) is 0 Å². The second-order valence-corrected chi connectivity index (χ2v) is 7.76. The van der Waals surface area contributed by atoms with Gasteiger partial charge < -0.3 is 14.5 Å². The fourth-order valence-corrected chi connectivity index (χ4v) is 4.57. The summed E-state index contributed by atoms with van der Waals surface area (Å²) in [6.07, 6.45) is 4.67. The maximum atomic E-state index is 13.3. The van der Waals surface area contributed by atoms with Crippen LogP contribution in [0.3, 0.4) is 0 Å². The van der Waals surface area contributed by atoms with Gasteiger partial charge in [-0.05, 0) is 39.0 Å².